The predicted octanol–water partition coefficient (Wildman–Crippen LogP) is 2.20. The summed E-state index contributed by atoms with van der Waals surface area (Å²) in [5.74, 6) is 0.834. The van der Waals surface area contributed by atoms with Crippen LogP contribution in [0.1, 0.15) is 5.89 Å². The average molecular weight is 251 g/mol. The molecule has 1 aromatic carbocycles. The first-order valence-electron chi connectivity index (χ1n) is 5.12. The van der Waals surface area contributed by atoms with Gasteiger partial charge in [0.2, 0.25) is 11.8 Å². The monoisotopic (exact) mass is 250 g/mol. The van der Waals surface area contributed by atoms with Gasteiger partial charge in [-0.05, 0) is 0 Å². The van der Waals surface area contributed by atoms with E-state index in [4.69, 9.17) is 16.0 Å². The summed E-state index contributed by atoms with van der Waals surface area (Å²) in [6.07, 6.45) is 1.64. The van der Waals surface area contributed by atoms with Crippen molar-refractivity contribution in [1.29, 1.82) is 0 Å². The molecular weight excluding hydrogens is 240 g/mol. The average Bonchev–Trinajstić information content (AvgIpc) is 2.86. The number of carbonyl (C=O) groups is 1. The smallest absolute Gasteiger partial charge is 0.235 e. The molecule has 0 saturated carbocycles. The maximum Gasteiger partial charge on any atom is 0.235 e. The first kappa shape index (κ1) is 11.7. The number of aromatic nitrogens is 1. The number of carbonyl (C=O) groups excluding carboxylic acids is 1. The summed E-state index contributed by atoms with van der Waals surface area (Å²) < 4.78 is 5.50. The predicted molar refractivity (Wildman–Crippen MR) is 64.5 cm³/mol. The lowest BCUT2D eigenvalue weighted by molar-refractivity contribution is -0.118. The fourth-order valence-corrected chi connectivity index (χ4v) is 1.44. The SMILES string of the molecule is O=C(CCl)NCc1ncc(-c2ccccc2)o1. The highest BCUT2D eigenvalue weighted by Gasteiger charge is 2.06. The number of amides is 1. The van der Waals surface area contributed by atoms with Gasteiger partial charge in [0.1, 0.15) is 5.88 Å². The van der Waals surface area contributed by atoms with Crippen LogP contribution in [0.15, 0.2) is 40.9 Å². The summed E-state index contributed by atoms with van der Waals surface area (Å²) in [5.41, 5.74) is 0.954. The molecule has 4 nitrogen and oxygen atoms in total. The molecule has 1 heterocycles. The fourth-order valence-electron chi connectivity index (χ4n) is 1.35. The Balaban J connectivity index is 2.04. The number of rotatable bonds is 4. The van der Waals surface area contributed by atoms with E-state index >= 15 is 0 Å². The number of hydrogen-bond donors (Lipinski definition) is 1. The molecule has 1 aromatic heterocycles. The Morgan fingerprint density at radius 1 is 1.35 bits per heavy atom. The molecule has 5 heteroatoms. The summed E-state index contributed by atoms with van der Waals surface area (Å²) >= 11 is 5.36. The molecule has 0 radical (unpaired) electrons. The maximum absolute atomic E-state index is 10.9. The molecule has 0 fully saturated rings. The molecular formula is C12H11ClN2O2. The van der Waals surface area contributed by atoms with Gasteiger partial charge in [-0.3, -0.25) is 4.79 Å². The number of halogens is 1. The maximum atomic E-state index is 10.9. The molecule has 0 unspecified atom stereocenters. The van der Waals surface area contributed by atoms with Crippen LogP contribution >= 0.6 is 11.6 Å². The second-order valence-electron chi connectivity index (χ2n) is 3.39. The highest BCUT2D eigenvalue weighted by molar-refractivity contribution is 6.27. The number of alkyl halides is 1. The molecule has 0 aliphatic rings. The fraction of sp³-hybridized carbons (Fsp3) is 0.167. The molecule has 2 rings (SSSR count). The van der Waals surface area contributed by atoms with Crippen molar-refractivity contribution in [3.63, 3.8) is 0 Å². The van der Waals surface area contributed by atoms with Gasteiger partial charge in [0, 0.05) is 5.56 Å². The van der Waals surface area contributed by atoms with Crippen LogP contribution in [0.4, 0.5) is 0 Å². The Kier molecular flexibility index (Phi) is 3.77. The molecule has 2 aromatic rings. The number of nitrogens with zero attached hydrogens (tertiary/aromatic N) is 1. The van der Waals surface area contributed by atoms with Crippen molar-refractivity contribution in [2.45, 2.75) is 6.54 Å². The largest absolute Gasteiger partial charge is 0.439 e. The number of oxazole rings is 1. The zero-order valence-corrected chi connectivity index (χ0v) is 9.78. The summed E-state index contributed by atoms with van der Waals surface area (Å²) in [4.78, 5) is 15.0. The molecule has 0 atom stereocenters. The van der Waals surface area contributed by atoms with Crippen LogP contribution in [0.25, 0.3) is 11.3 Å². The van der Waals surface area contributed by atoms with Crippen molar-refractivity contribution in [2.24, 2.45) is 0 Å². The van der Waals surface area contributed by atoms with Crippen molar-refractivity contribution in [3.8, 4) is 11.3 Å². The number of hydrogen-bond acceptors (Lipinski definition) is 3. The molecule has 0 bridgehead atoms. The normalized spacial score (nSPS) is 10.2. The third-order valence-corrected chi connectivity index (χ3v) is 2.41. The Bertz CT molecular complexity index is 496. The molecule has 0 aliphatic carbocycles. The Morgan fingerprint density at radius 2 is 2.12 bits per heavy atom. The van der Waals surface area contributed by atoms with Crippen molar-refractivity contribution >= 4 is 17.5 Å². The van der Waals surface area contributed by atoms with Crippen LogP contribution in [-0.4, -0.2) is 16.8 Å². The second-order valence-corrected chi connectivity index (χ2v) is 3.66. The van der Waals surface area contributed by atoms with Crippen molar-refractivity contribution in [1.82, 2.24) is 10.3 Å². The van der Waals surface area contributed by atoms with Crippen LogP contribution in [0.2, 0.25) is 0 Å². The van der Waals surface area contributed by atoms with Gasteiger partial charge in [0.05, 0.1) is 12.7 Å². The standard InChI is InChI=1S/C12H11ClN2O2/c13-6-11(16)14-8-12-15-7-10(17-12)9-4-2-1-3-5-9/h1-5,7H,6,8H2,(H,14,16). The Labute approximate surface area is 104 Å². The van der Waals surface area contributed by atoms with Gasteiger partial charge >= 0.3 is 0 Å². The highest BCUT2D eigenvalue weighted by Crippen LogP contribution is 2.19. The third kappa shape index (κ3) is 3.07. The lowest BCUT2D eigenvalue weighted by atomic mass is 10.2. The van der Waals surface area contributed by atoms with E-state index in [1.165, 1.54) is 0 Å². The van der Waals surface area contributed by atoms with Gasteiger partial charge in [0.25, 0.3) is 0 Å². The summed E-state index contributed by atoms with van der Waals surface area (Å²) in [5, 5.41) is 2.59. The van der Waals surface area contributed by atoms with E-state index in [2.05, 4.69) is 10.3 Å². The van der Waals surface area contributed by atoms with Gasteiger partial charge in [-0.15, -0.1) is 11.6 Å². The van der Waals surface area contributed by atoms with Gasteiger partial charge in [-0.1, -0.05) is 30.3 Å². The lowest BCUT2D eigenvalue weighted by Gasteiger charge is -1.98. The minimum absolute atomic E-state index is 0.0632. The topological polar surface area (TPSA) is 55.1 Å². The molecule has 0 saturated heterocycles. The van der Waals surface area contributed by atoms with E-state index in [0.29, 0.717) is 11.7 Å². The highest BCUT2D eigenvalue weighted by atomic mass is 35.5. The molecule has 1 amide bonds. The Morgan fingerprint density at radius 3 is 2.82 bits per heavy atom. The zero-order chi connectivity index (χ0) is 12.1. The minimum Gasteiger partial charge on any atom is -0.439 e. The third-order valence-electron chi connectivity index (χ3n) is 2.17. The minimum atomic E-state index is -0.244. The van der Waals surface area contributed by atoms with Crippen LogP contribution in [-0.2, 0) is 11.3 Å². The van der Waals surface area contributed by atoms with Crippen LogP contribution in [0.5, 0.6) is 0 Å². The van der Waals surface area contributed by atoms with E-state index in [-0.39, 0.29) is 18.3 Å². The van der Waals surface area contributed by atoms with E-state index in [9.17, 15) is 4.79 Å². The first-order valence-corrected chi connectivity index (χ1v) is 5.66. The molecule has 1 N–H and O–H groups in total. The quantitative estimate of drug-likeness (QED) is 0.847. The molecule has 0 spiro atoms. The van der Waals surface area contributed by atoms with Gasteiger partial charge in [0.15, 0.2) is 5.76 Å². The Hall–Kier alpha value is -1.81. The zero-order valence-electron chi connectivity index (χ0n) is 9.02. The number of nitrogens with one attached hydrogen (secondary N) is 1. The summed E-state index contributed by atoms with van der Waals surface area (Å²) in [6, 6.07) is 9.64. The van der Waals surface area contributed by atoms with Crippen LogP contribution in [0.3, 0.4) is 0 Å². The van der Waals surface area contributed by atoms with E-state index in [0.717, 1.165) is 5.56 Å². The van der Waals surface area contributed by atoms with Crippen LogP contribution in [0, 0.1) is 0 Å². The van der Waals surface area contributed by atoms with E-state index < -0.39 is 0 Å². The van der Waals surface area contributed by atoms with Gasteiger partial charge < -0.3 is 9.73 Å². The van der Waals surface area contributed by atoms with Crippen molar-refractivity contribution in [2.75, 3.05) is 5.88 Å². The first-order chi connectivity index (χ1) is 8.29. The van der Waals surface area contributed by atoms with Gasteiger partial charge in [-0.25, -0.2) is 4.98 Å². The summed E-state index contributed by atoms with van der Waals surface area (Å²) in [7, 11) is 0. The van der Waals surface area contributed by atoms with Crippen molar-refractivity contribution < 1.29 is 9.21 Å². The summed E-state index contributed by atoms with van der Waals surface area (Å²) in [6.45, 7) is 0.248. The van der Waals surface area contributed by atoms with Crippen LogP contribution < -0.4 is 5.32 Å². The molecule has 0 aliphatic heterocycles. The van der Waals surface area contributed by atoms with Gasteiger partial charge in [-0.2, -0.15) is 0 Å². The van der Waals surface area contributed by atoms with E-state index in [1.54, 1.807) is 6.20 Å². The number of benzene rings is 1. The molecule has 88 valence electrons. The second kappa shape index (κ2) is 5.50. The lowest BCUT2D eigenvalue weighted by Crippen LogP contribution is -2.23. The molecule has 17 heavy (non-hydrogen) atoms. The van der Waals surface area contributed by atoms with Crippen molar-refractivity contribution in [3.05, 3.63) is 42.4 Å². The van der Waals surface area contributed by atoms with E-state index in [1.807, 2.05) is 30.3 Å².